The molecule has 0 rings (SSSR count). The highest BCUT2D eigenvalue weighted by atomic mass is 16.5. The fourth-order valence-corrected chi connectivity index (χ4v) is 0.690. The van der Waals surface area contributed by atoms with Crippen LogP contribution in [0.1, 0.15) is 6.42 Å². The van der Waals surface area contributed by atoms with Crippen LogP contribution in [-0.4, -0.2) is 37.2 Å². The summed E-state index contributed by atoms with van der Waals surface area (Å²) in [5.74, 6) is -2.89. The summed E-state index contributed by atoms with van der Waals surface area (Å²) < 4.78 is 8.56. The molecule has 6 nitrogen and oxygen atoms in total. The summed E-state index contributed by atoms with van der Waals surface area (Å²) in [6.07, 6.45) is 0.193. The third kappa shape index (κ3) is 4.24. The minimum Gasteiger partial charge on any atom is -0.478 e. The van der Waals surface area contributed by atoms with E-state index in [9.17, 15) is 14.4 Å². The van der Waals surface area contributed by atoms with Crippen molar-refractivity contribution < 1.29 is 29.0 Å². The predicted octanol–water partition coefficient (Wildman–Crippen LogP) is -0.266. The van der Waals surface area contributed by atoms with Crippen molar-refractivity contribution in [3.05, 3.63) is 11.6 Å². The number of methoxy groups -OCH3 is 2. The van der Waals surface area contributed by atoms with Crippen molar-refractivity contribution in [3.8, 4) is 0 Å². The fourth-order valence-electron chi connectivity index (χ4n) is 0.690. The van der Waals surface area contributed by atoms with Crippen LogP contribution in [0.4, 0.5) is 0 Å². The van der Waals surface area contributed by atoms with E-state index >= 15 is 0 Å². The van der Waals surface area contributed by atoms with Gasteiger partial charge in [0.05, 0.1) is 26.2 Å². The topological polar surface area (TPSA) is 89.9 Å². The minimum absolute atomic E-state index is 0.258. The molecule has 1 N–H and O–H groups in total. The number of carbonyl (C=O) groups is 3. The molecule has 0 aromatic rings. The lowest BCUT2D eigenvalue weighted by Gasteiger charge is -2.02. The highest BCUT2D eigenvalue weighted by Crippen LogP contribution is 2.04. The van der Waals surface area contributed by atoms with Gasteiger partial charge in [-0.2, -0.15) is 0 Å². The van der Waals surface area contributed by atoms with Crippen molar-refractivity contribution in [3.63, 3.8) is 0 Å². The van der Waals surface area contributed by atoms with Crippen LogP contribution in [0.2, 0.25) is 0 Å². The first-order valence-corrected chi connectivity index (χ1v) is 3.60. The highest BCUT2D eigenvalue weighted by Gasteiger charge is 2.15. The van der Waals surface area contributed by atoms with Gasteiger partial charge in [0.2, 0.25) is 0 Å². The Morgan fingerprint density at radius 1 is 1.21 bits per heavy atom. The van der Waals surface area contributed by atoms with Crippen LogP contribution in [0.15, 0.2) is 11.6 Å². The molecule has 0 aliphatic carbocycles. The molecule has 0 unspecified atom stereocenters. The number of aliphatic carboxylic acids is 1. The molecule has 0 aliphatic heterocycles. The third-order valence-corrected chi connectivity index (χ3v) is 1.31. The molecule has 0 heterocycles. The number of rotatable bonds is 4. The smallest absolute Gasteiger partial charge is 0.334 e. The number of hydrogen-bond donors (Lipinski definition) is 1. The van der Waals surface area contributed by atoms with E-state index in [0.29, 0.717) is 6.08 Å². The van der Waals surface area contributed by atoms with E-state index in [1.165, 1.54) is 0 Å². The van der Waals surface area contributed by atoms with Crippen LogP contribution in [0.5, 0.6) is 0 Å². The normalized spacial score (nSPS) is 10.6. The van der Waals surface area contributed by atoms with E-state index in [1.807, 2.05) is 0 Å². The van der Waals surface area contributed by atoms with E-state index in [1.54, 1.807) is 0 Å². The van der Waals surface area contributed by atoms with Gasteiger partial charge in [-0.3, -0.25) is 4.79 Å². The molecule has 0 atom stereocenters. The van der Waals surface area contributed by atoms with E-state index in [4.69, 9.17) is 5.11 Å². The monoisotopic (exact) mass is 202 g/mol. The Morgan fingerprint density at radius 2 is 1.79 bits per heavy atom. The van der Waals surface area contributed by atoms with Gasteiger partial charge in [-0.1, -0.05) is 0 Å². The van der Waals surface area contributed by atoms with Crippen LogP contribution < -0.4 is 0 Å². The van der Waals surface area contributed by atoms with E-state index in [-0.39, 0.29) is 5.57 Å². The Balaban J connectivity index is 4.65. The number of esters is 2. The van der Waals surface area contributed by atoms with Crippen LogP contribution in [0.25, 0.3) is 0 Å². The zero-order valence-electron chi connectivity index (χ0n) is 7.77. The first-order valence-electron chi connectivity index (χ1n) is 3.60. The van der Waals surface area contributed by atoms with Gasteiger partial charge in [-0.25, -0.2) is 9.59 Å². The maximum atomic E-state index is 10.9. The van der Waals surface area contributed by atoms with Crippen LogP contribution in [-0.2, 0) is 23.9 Å². The molecule has 0 amide bonds. The van der Waals surface area contributed by atoms with Gasteiger partial charge in [-0.05, 0) is 0 Å². The van der Waals surface area contributed by atoms with Gasteiger partial charge in [0.1, 0.15) is 0 Å². The largest absolute Gasteiger partial charge is 0.478 e. The van der Waals surface area contributed by atoms with Gasteiger partial charge in [0, 0.05) is 6.08 Å². The van der Waals surface area contributed by atoms with Crippen molar-refractivity contribution in [1.29, 1.82) is 0 Å². The van der Waals surface area contributed by atoms with Gasteiger partial charge in [-0.15, -0.1) is 0 Å². The van der Waals surface area contributed by atoms with Gasteiger partial charge >= 0.3 is 17.9 Å². The lowest BCUT2D eigenvalue weighted by Crippen LogP contribution is -2.12. The van der Waals surface area contributed by atoms with Crippen molar-refractivity contribution in [2.24, 2.45) is 0 Å². The third-order valence-electron chi connectivity index (χ3n) is 1.31. The number of carboxylic acid groups (broad SMARTS) is 1. The second kappa shape index (κ2) is 5.74. The molecule has 0 saturated carbocycles. The number of ether oxygens (including phenoxy) is 2. The van der Waals surface area contributed by atoms with E-state index < -0.39 is 24.3 Å². The molecule has 0 aromatic heterocycles. The zero-order chi connectivity index (χ0) is 11.1. The Bertz CT molecular complexity index is 278. The van der Waals surface area contributed by atoms with Gasteiger partial charge in [0.25, 0.3) is 0 Å². The standard InChI is InChI=1S/C8H10O6/c1-13-7(11)4-5(3-6(9)10)8(12)14-2/h3H,4H2,1-2H3,(H,9,10). The average molecular weight is 202 g/mol. The number of carboxylic acids is 1. The summed E-state index contributed by atoms with van der Waals surface area (Å²) in [5.41, 5.74) is -0.258. The molecule has 6 heteroatoms. The van der Waals surface area contributed by atoms with Crippen LogP contribution in [0.3, 0.4) is 0 Å². The maximum Gasteiger partial charge on any atom is 0.334 e. The second-order valence-corrected chi connectivity index (χ2v) is 2.25. The summed E-state index contributed by atoms with van der Waals surface area (Å²) in [6, 6.07) is 0. The first-order chi connectivity index (χ1) is 6.51. The van der Waals surface area contributed by atoms with E-state index in [0.717, 1.165) is 14.2 Å². The van der Waals surface area contributed by atoms with Gasteiger partial charge < -0.3 is 14.6 Å². The minimum atomic E-state index is -1.32. The fraction of sp³-hybridized carbons (Fsp3) is 0.375. The first kappa shape index (κ1) is 12.2. The lowest BCUT2D eigenvalue weighted by atomic mass is 10.2. The summed E-state index contributed by atoms with van der Waals surface area (Å²) in [4.78, 5) is 32.0. The molecule has 0 aliphatic rings. The number of carbonyl (C=O) groups excluding carboxylic acids is 2. The quantitative estimate of drug-likeness (QED) is 0.498. The average Bonchev–Trinajstić information content (AvgIpc) is 2.14. The summed E-state index contributed by atoms with van der Waals surface area (Å²) in [5, 5.41) is 8.38. The molecular formula is C8H10O6. The maximum absolute atomic E-state index is 10.9. The molecule has 0 aromatic carbocycles. The SMILES string of the molecule is COC(=O)CC(=CC(=O)O)C(=O)OC. The summed E-state index contributed by atoms with van der Waals surface area (Å²) >= 11 is 0. The van der Waals surface area contributed by atoms with Crippen molar-refractivity contribution in [2.75, 3.05) is 14.2 Å². The molecule has 0 radical (unpaired) electrons. The zero-order valence-corrected chi connectivity index (χ0v) is 7.77. The van der Waals surface area contributed by atoms with Crippen molar-refractivity contribution in [1.82, 2.24) is 0 Å². The molecular weight excluding hydrogens is 192 g/mol. The van der Waals surface area contributed by atoms with Crippen molar-refractivity contribution in [2.45, 2.75) is 6.42 Å². The molecule has 0 spiro atoms. The molecule has 14 heavy (non-hydrogen) atoms. The number of hydrogen-bond acceptors (Lipinski definition) is 5. The second-order valence-electron chi connectivity index (χ2n) is 2.25. The predicted molar refractivity (Wildman–Crippen MR) is 44.4 cm³/mol. The Hall–Kier alpha value is -1.85. The Labute approximate surface area is 80.1 Å². The van der Waals surface area contributed by atoms with Crippen LogP contribution >= 0.6 is 0 Å². The van der Waals surface area contributed by atoms with Gasteiger partial charge in [0.15, 0.2) is 0 Å². The highest BCUT2D eigenvalue weighted by molar-refractivity contribution is 5.99. The van der Waals surface area contributed by atoms with Crippen molar-refractivity contribution >= 4 is 17.9 Å². The molecule has 0 bridgehead atoms. The van der Waals surface area contributed by atoms with Crippen LogP contribution in [0, 0.1) is 0 Å². The Morgan fingerprint density at radius 3 is 2.14 bits per heavy atom. The molecule has 0 saturated heterocycles. The molecule has 78 valence electrons. The summed E-state index contributed by atoms with van der Waals surface area (Å²) in [6.45, 7) is 0. The van der Waals surface area contributed by atoms with E-state index in [2.05, 4.69) is 9.47 Å². The Kier molecular flexibility index (Phi) is 4.98. The lowest BCUT2D eigenvalue weighted by molar-refractivity contribution is -0.143. The summed E-state index contributed by atoms with van der Waals surface area (Å²) in [7, 11) is 2.23. The molecule has 0 fully saturated rings.